The Balaban J connectivity index is 1.71. The molecule has 144 valence electrons. The van der Waals surface area contributed by atoms with E-state index in [4.69, 9.17) is 0 Å². The zero-order chi connectivity index (χ0) is 19.2. The van der Waals surface area contributed by atoms with E-state index in [0.717, 1.165) is 55.9 Å². The summed E-state index contributed by atoms with van der Waals surface area (Å²) in [6.45, 7) is 5.56. The molecule has 1 aliphatic rings. The Hall–Kier alpha value is -2.41. The zero-order valence-corrected chi connectivity index (χ0v) is 16.7. The number of carbonyl (C=O) groups is 2. The molecule has 1 aromatic carbocycles. The van der Waals surface area contributed by atoms with E-state index in [1.807, 2.05) is 19.1 Å². The summed E-state index contributed by atoms with van der Waals surface area (Å²) >= 11 is 1.45. The van der Waals surface area contributed by atoms with Crippen molar-refractivity contribution >= 4 is 34.6 Å². The van der Waals surface area contributed by atoms with Crippen molar-refractivity contribution in [3.05, 3.63) is 39.8 Å². The van der Waals surface area contributed by atoms with Gasteiger partial charge in [0.15, 0.2) is 0 Å². The summed E-state index contributed by atoms with van der Waals surface area (Å²) in [7, 11) is 0. The van der Waals surface area contributed by atoms with E-state index in [2.05, 4.69) is 22.5 Å². The molecule has 0 unspecified atom stereocenters. The number of aryl methyl sites for hydroxylation is 2. The fraction of sp³-hybridized carbons (Fsp3) is 0.450. The molecule has 0 aliphatic carbocycles. The lowest BCUT2D eigenvalue weighted by atomic mass is 10.2. The third-order valence-electron chi connectivity index (χ3n) is 4.60. The number of carbonyl (C=O) groups excluding carboxylic acids is 2. The molecule has 3 rings (SSSR count). The highest BCUT2D eigenvalue weighted by atomic mass is 32.1. The second-order valence-corrected chi connectivity index (χ2v) is 7.83. The van der Waals surface area contributed by atoms with Gasteiger partial charge in [-0.3, -0.25) is 4.79 Å². The van der Waals surface area contributed by atoms with E-state index in [9.17, 15) is 9.59 Å². The van der Waals surface area contributed by atoms with Crippen LogP contribution >= 0.6 is 11.3 Å². The maximum Gasteiger partial charge on any atom is 0.321 e. The summed E-state index contributed by atoms with van der Waals surface area (Å²) in [6.07, 6.45) is 5.15. The van der Waals surface area contributed by atoms with Crippen LogP contribution < -0.4 is 10.6 Å². The minimum absolute atomic E-state index is 0.120. The molecule has 1 fully saturated rings. The number of amides is 3. The quantitative estimate of drug-likeness (QED) is 0.757. The minimum atomic E-state index is -0.185. The van der Waals surface area contributed by atoms with E-state index in [-0.39, 0.29) is 11.9 Å². The molecule has 2 aromatic rings. The van der Waals surface area contributed by atoms with Crippen LogP contribution in [0.15, 0.2) is 24.3 Å². The van der Waals surface area contributed by atoms with Crippen LogP contribution in [0.25, 0.3) is 0 Å². The smallest absolute Gasteiger partial charge is 0.321 e. The lowest BCUT2D eigenvalue weighted by Crippen LogP contribution is -2.32. The van der Waals surface area contributed by atoms with Gasteiger partial charge in [0.1, 0.15) is 4.88 Å². The monoisotopic (exact) mass is 386 g/mol. The molecular weight excluding hydrogens is 360 g/mol. The number of hydrogen-bond acceptors (Lipinski definition) is 4. The predicted octanol–water partition coefficient (Wildman–Crippen LogP) is 4.67. The minimum Gasteiger partial charge on any atom is -0.325 e. The molecule has 7 heteroatoms. The average Bonchev–Trinajstić information content (AvgIpc) is 3.31. The number of para-hydroxylation sites is 2. The first-order valence-electron chi connectivity index (χ1n) is 9.51. The van der Waals surface area contributed by atoms with Crippen molar-refractivity contribution in [2.24, 2.45) is 0 Å². The van der Waals surface area contributed by atoms with Gasteiger partial charge in [-0.15, -0.1) is 11.3 Å². The number of likely N-dealkylation sites (tertiary alicyclic amines) is 1. The van der Waals surface area contributed by atoms with E-state index >= 15 is 0 Å². The van der Waals surface area contributed by atoms with Crippen LogP contribution in [0.5, 0.6) is 0 Å². The first kappa shape index (κ1) is 19.4. The number of hydrogen-bond donors (Lipinski definition) is 2. The number of benzene rings is 1. The van der Waals surface area contributed by atoms with Gasteiger partial charge < -0.3 is 15.5 Å². The summed E-state index contributed by atoms with van der Waals surface area (Å²) in [5, 5.41) is 6.84. The molecule has 0 radical (unpaired) electrons. The van der Waals surface area contributed by atoms with Crippen LogP contribution in [0, 0.1) is 6.92 Å². The normalized spacial score (nSPS) is 13.6. The summed E-state index contributed by atoms with van der Waals surface area (Å²) < 4.78 is 0. The van der Waals surface area contributed by atoms with Gasteiger partial charge >= 0.3 is 6.03 Å². The van der Waals surface area contributed by atoms with Crippen molar-refractivity contribution in [1.82, 2.24) is 9.88 Å². The second kappa shape index (κ2) is 8.99. The summed E-state index contributed by atoms with van der Waals surface area (Å²) in [5.74, 6) is -0.185. The number of nitrogens with one attached hydrogen (secondary N) is 2. The van der Waals surface area contributed by atoms with Crippen molar-refractivity contribution in [2.75, 3.05) is 23.7 Å². The Morgan fingerprint density at radius 2 is 1.81 bits per heavy atom. The molecule has 2 heterocycles. The molecule has 0 bridgehead atoms. The summed E-state index contributed by atoms with van der Waals surface area (Å²) in [5.41, 5.74) is 1.95. The fourth-order valence-electron chi connectivity index (χ4n) is 3.09. The van der Waals surface area contributed by atoms with E-state index in [1.165, 1.54) is 11.3 Å². The van der Waals surface area contributed by atoms with E-state index in [0.29, 0.717) is 16.3 Å². The number of aromatic nitrogens is 1. The van der Waals surface area contributed by atoms with Crippen LogP contribution in [-0.2, 0) is 6.42 Å². The molecule has 27 heavy (non-hydrogen) atoms. The van der Waals surface area contributed by atoms with Gasteiger partial charge in [0, 0.05) is 13.1 Å². The zero-order valence-electron chi connectivity index (χ0n) is 15.9. The van der Waals surface area contributed by atoms with E-state index in [1.54, 1.807) is 17.0 Å². The van der Waals surface area contributed by atoms with Crippen LogP contribution in [0.2, 0.25) is 0 Å². The fourth-order valence-corrected chi connectivity index (χ4v) is 4.09. The van der Waals surface area contributed by atoms with Crippen molar-refractivity contribution in [3.63, 3.8) is 0 Å². The van der Waals surface area contributed by atoms with Crippen molar-refractivity contribution in [2.45, 2.75) is 46.0 Å². The van der Waals surface area contributed by atoms with Crippen LogP contribution in [0.3, 0.4) is 0 Å². The first-order chi connectivity index (χ1) is 13.1. The highest BCUT2D eigenvalue weighted by Gasteiger charge is 2.20. The molecule has 1 aromatic heterocycles. The molecule has 1 aliphatic heterocycles. The lowest BCUT2D eigenvalue weighted by molar-refractivity contribution is 0.103. The van der Waals surface area contributed by atoms with Crippen LogP contribution in [-0.4, -0.2) is 34.9 Å². The molecule has 0 saturated carbocycles. The highest BCUT2D eigenvalue weighted by Crippen LogP contribution is 2.25. The largest absolute Gasteiger partial charge is 0.325 e. The molecule has 6 nitrogen and oxygen atoms in total. The Labute approximate surface area is 164 Å². The average molecular weight is 387 g/mol. The molecular formula is C20H26N4O2S. The molecule has 2 N–H and O–H groups in total. The first-order valence-corrected chi connectivity index (χ1v) is 10.3. The topological polar surface area (TPSA) is 74.3 Å². The van der Waals surface area contributed by atoms with Gasteiger partial charge in [0.2, 0.25) is 0 Å². The van der Waals surface area contributed by atoms with Crippen molar-refractivity contribution in [1.29, 1.82) is 0 Å². The Morgan fingerprint density at radius 1 is 1.15 bits per heavy atom. The summed E-state index contributed by atoms with van der Waals surface area (Å²) in [6, 6.07) is 7.16. The number of unbranched alkanes of at least 4 members (excludes halogenated alkanes) is 1. The van der Waals surface area contributed by atoms with E-state index < -0.39 is 0 Å². The number of urea groups is 1. The van der Waals surface area contributed by atoms with Gasteiger partial charge in [0.25, 0.3) is 5.91 Å². The summed E-state index contributed by atoms with van der Waals surface area (Å²) in [4.78, 5) is 32.1. The van der Waals surface area contributed by atoms with Gasteiger partial charge in [-0.1, -0.05) is 25.5 Å². The van der Waals surface area contributed by atoms with Gasteiger partial charge in [-0.05, 0) is 44.7 Å². The molecule has 3 amide bonds. The second-order valence-electron chi connectivity index (χ2n) is 6.75. The Morgan fingerprint density at radius 3 is 2.48 bits per heavy atom. The van der Waals surface area contributed by atoms with Gasteiger partial charge in [-0.2, -0.15) is 0 Å². The molecule has 1 saturated heterocycles. The van der Waals surface area contributed by atoms with Crippen LogP contribution in [0.1, 0.15) is 53.0 Å². The predicted molar refractivity (Wildman–Crippen MR) is 110 cm³/mol. The van der Waals surface area contributed by atoms with Gasteiger partial charge in [-0.25, -0.2) is 9.78 Å². The highest BCUT2D eigenvalue weighted by molar-refractivity contribution is 7.13. The number of anilines is 2. The third kappa shape index (κ3) is 4.86. The maximum absolute atomic E-state index is 12.8. The maximum atomic E-state index is 12.8. The molecule has 0 atom stereocenters. The van der Waals surface area contributed by atoms with Gasteiger partial charge in [0.05, 0.1) is 22.1 Å². The number of rotatable bonds is 6. The van der Waals surface area contributed by atoms with Crippen molar-refractivity contribution < 1.29 is 9.59 Å². The molecule has 0 spiro atoms. The third-order valence-corrected chi connectivity index (χ3v) is 5.82. The lowest BCUT2D eigenvalue weighted by Gasteiger charge is -2.18. The number of thiazole rings is 1. The van der Waals surface area contributed by atoms with Crippen molar-refractivity contribution in [3.8, 4) is 0 Å². The standard InChI is InChI=1S/C20H26N4O2S/c1-3-4-11-17-21-14(2)18(27-17)19(25)22-15-9-5-6-10-16(15)23-20(26)24-12-7-8-13-24/h5-6,9-10H,3-4,7-8,11-13H2,1-2H3,(H,22,25)(H,23,26). The van der Waals surface area contributed by atoms with Crippen LogP contribution in [0.4, 0.5) is 16.2 Å². The SMILES string of the molecule is CCCCc1nc(C)c(C(=O)Nc2ccccc2NC(=O)N2CCCC2)s1. The number of nitrogens with zero attached hydrogens (tertiary/aromatic N) is 2. The Kier molecular flexibility index (Phi) is 6.45. The Bertz CT molecular complexity index is 812.